The first-order valence-electron chi connectivity index (χ1n) is 8.36. The molecule has 0 bridgehead atoms. The van der Waals surface area contributed by atoms with Crippen molar-refractivity contribution in [3.63, 3.8) is 0 Å². The predicted molar refractivity (Wildman–Crippen MR) is 98.3 cm³/mol. The molecular formula is C18H29ClN2O3. The van der Waals surface area contributed by atoms with Gasteiger partial charge in [-0.2, -0.15) is 0 Å². The molecule has 0 radical (unpaired) electrons. The third-order valence-electron chi connectivity index (χ3n) is 4.67. The van der Waals surface area contributed by atoms with Gasteiger partial charge >= 0.3 is 5.97 Å². The van der Waals surface area contributed by atoms with E-state index in [1.165, 1.54) is 5.56 Å². The van der Waals surface area contributed by atoms with Gasteiger partial charge in [-0.1, -0.05) is 12.1 Å². The van der Waals surface area contributed by atoms with E-state index in [4.69, 9.17) is 9.84 Å². The second-order valence-electron chi connectivity index (χ2n) is 6.33. The van der Waals surface area contributed by atoms with E-state index in [0.29, 0.717) is 6.04 Å². The number of ether oxygens (including phenoxy) is 1. The fraction of sp³-hybridized carbons (Fsp3) is 0.611. The molecule has 0 aromatic heterocycles. The Morgan fingerprint density at radius 1 is 1.29 bits per heavy atom. The number of nitrogens with zero attached hydrogens (tertiary/aromatic N) is 2. The van der Waals surface area contributed by atoms with Crippen LogP contribution in [0.3, 0.4) is 0 Å². The van der Waals surface area contributed by atoms with Crippen molar-refractivity contribution < 1.29 is 14.6 Å². The minimum atomic E-state index is -0.742. The zero-order valence-corrected chi connectivity index (χ0v) is 15.4. The van der Waals surface area contributed by atoms with Crippen molar-refractivity contribution in [2.24, 2.45) is 0 Å². The number of carboxylic acid groups (broad SMARTS) is 1. The second kappa shape index (κ2) is 10.5. The maximum atomic E-state index is 10.8. The van der Waals surface area contributed by atoms with E-state index in [2.05, 4.69) is 17.0 Å². The Balaban J connectivity index is 0.00000288. The smallest absolute Gasteiger partial charge is 0.317 e. The minimum absolute atomic E-state index is 0. The van der Waals surface area contributed by atoms with E-state index in [-0.39, 0.29) is 19.0 Å². The molecule has 1 heterocycles. The van der Waals surface area contributed by atoms with Crippen molar-refractivity contribution in [2.75, 3.05) is 40.3 Å². The van der Waals surface area contributed by atoms with Gasteiger partial charge in [-0.15, -0.1) is 12.4 Å². The van der Waals surface area contributed by atoms with Crippen LogP contribution in [0.15, 0.2) is 24.3 Å². The molecule has 1 N–H and O–H groups in total. The van der Waals surface area contributed by atoms with Crippen LogP contribution in [0.5, 0.6) is 5.75 Å². The van der Waals surface area contributed by atoms with Crippen molar-refractivity contribution >= 4 is 18.4 Å². The highest BCUT2D eigenvalue weighted by Crippen LogP contribution is 2.17. The molecule has 1 saturated heterocycles. The Kier molecular flexibility index (Phi) is 9.11. The van der Waals surface area contributed by atoms with Crippen LogP contribution in [-0.2, 0) is 11.2 Å². The molecule has 1 aliphatic rings. The van der Waals surface area contributed by atoms with Gasteiger partial charge < -0.3 is 14.7 Å². The fourth-order valence-electron chi connectivity index (χ4n) is 3.22. The second-order valence-corrected chi connectivity index (χ2v) is 6.33. The summed E-state index contributed by atoms with van der Waals surface area (Å²) in [5.41, 5.74) is 1.33. The first kappa shape index (κ1) is 20.7. The molecule has 2 rings (SSSR count). The fourth-order valence-corrected chi connectivity index (χ4v) is 3.22. The molecule has 1 atom stereocenters. The highest BCUT2D eigenvalue weighted by Gasteiger charge is 2.21. The molecule has 0 amide bonds. The number of carbonyl (C=O) groups is 1. The van der Waals surface area contributed by atoms with Crippen molar-refractivity contribution in [1.29, 1.82) is 0 Å². The highest BCUT2D eigenvalue weighted by atomic mass is 35.5. The topological polar surface area (TPSA) is 53.0 Å². The lowest BCUT2D eigenvalue weighted by molar-refractivity contribution is -0.138. The maximum Gasteiger partial charge on any atom is 0.317 e. The first-order chi connectivity index (χ1) is 11.1. The molecule has 1 fully saturated rings. The lowest BCUT2D eigenvalue weighted by atomic mass is 10.1. The van der Waals surface area contributed by atoms with Crippen LogP contribution in [0.1, 0.15) is 24.8 Å². The number of rotatable bonds is 7. The maximum absolute atomic E-state index is 10.8. The number of methoxy groups -OCH3 is 1. The number of halogens is 1. The summed E-state index contributed by atoms with van der Waals surface area (Å²) in [5, 5.41) is 8.92. The van der Waals surface area contributed by atoms with Gasteiger partial charge in [-0.25, -0.2) is 0 Å². The molecule has 1 aromatic carbocycles. The summed E-state index contributed by atoms with van der Waals surface area (Å²) in [6.45, 7) is 3.34. The van der Waals surface area contributed by atoms with Gasteiger partial charge in [0.1, 0.15) is 5.75 Å². The predicted octanol–water partition coefficient (Wildman–Crippen LogP) is 2.53. The highest BCUT2D eigenvalue weighted by molar-refractivity contribution is 5.85. The number of aliphatic carboxylic acids is 1. The lowest BCUT2D eigenvalue weighted by Crippen LogP contribution is -2.36. The zero-order valence-electron chi connectivity index (χ0n) is 14.6. The van der Waals surface area contributed by atoms with Gasteiger partial charge in [0, 0.05) is 12.6 Å². The SMILES string of the molecule is COc1ccc(CCN2CCCC(N(C)CC(=O)O)CC2)cc1.Cl. The third-order valence-corrected chi connectivity index (χ3v) is 4.67. The van der Waals surface area contributed by atoms with Gasteiger partial charge in [0.05, 0.1) is 13.7 Å². The van der Waals surface area contributed by atoms with Crippen LogP contribution < -0.4 is 4.74 Å². The number of likely N-dealkylation sites (tertiary alicyclic amines) is 1. The summed E-state index contributed by atoms with van der Waals surface area (Å²) in [6.07, 6.45) is 4.31. The monoisotopic (exact) mass is 356 g/mol. The molecule has 0 spiro atoms. The first-order valence-corrected chi connectivity index (χ1v) is 8.36. The quantitative estimate of drug-likeness (QED) is 0.813. The standard InChI is InChI=1S/C18H28N2O3.ClH/c1-19(14-18(21)22)16-4-3-11-20(13-10-16)12-9-15-5-7-17(23-2)8-6-15;/h5-8,16H,3-4,9-14H2,1-2H3,(H,21,22);1H. The third kappa shape index (κ3) is 6.67. The van der Waals surface area contributed by atoms with Gasteiger partial charge in [0.25, 0.3) is 0 Å². The number of hydrogen-bond donors (Lipinski definition) is 1. The van der Waals surface area contributed by atoms with E-state index >= 15 is 0 Å². The van der Waals surface area contributed by atoms with Crippen molar-refractivity contribution in [2.45, 2.75) is 31.7 Å². The number of carboxylic acids is 1. The molecule has 1 aromatic rings. The minimum Gasteiger partial charge on any atom is -0.497 e. The van der Waals surface area contributed by atoms with Gasteiger partial charge in [0.2, 0.25) is 0 Å². The molecule has 6 heteroatoms. The van der Waals surface area contributed by atoms with Crippen LogP contribution in [-0.4, -0.2) is 67.3 Å². The summed E-state index contributed by atoms with van der Waals surface area (Å²) in [4.78, 5) is 15.3. The van der Waals surface area contributed by atoms with Crippen LogP contribution in [0, 0.1) is 0 Å². The van der Waals surface area contributed by atoms with E-state index in [0.717, 1.165) is 51.1 Å². The van der Waals surface area contributed by atoms with Crippen molar-refractivity contribution in [3.05, 3.63) is 29.8 Å². The molecular weight excluding hydrogens is 328 g/mol. The van der Waals surface area contributed by atoms with Crippen LogP contribution in [0.2, 0.25) is 0 Å². The summed E-state index contributed by atoms with van der Waals surface area (Å²) in [7, 11) is 3.61. The average Bonchev–Trinajstić information content (AvgIpc) is 2.78. The van der Waals surface area contributed by atoms with Crippen molar-refractivity contribution in [1.82, 2.24) is 9.80 Å². The number of benzene rings is 1. The summed E-state index contributed by atoms with van der Waals surface area (Å²) in [5.74, 6) is 0.154. The molecule has 1 aliphatic heterocycles. The summed E-state index contributed by atoms with van der Waals surface area (Å²) in [6, 6.07) is 8.65. The molecule has 136 valence electrons. The molecule has 5 nitrogen and oxygen atoms in total. The van der Waals surface area contributed by atoms with E-state index in [1.807, 2.05) is 24.1 Å². The van der Waals surface area contributed by atoms with Gasteiger partial charge in [-0.05, 0) is 63.5 Å². The lowest BCUT2D eigenvalue weighted by Gasteiger charge is -2.25. The number of likely N-dealkylation sites (N-methyl/N-ethyl adjacent to an activating group) is 1. The normalized spacial score (nSPS) is 18.7. The Bertz CT molecular complexity index is 496. The van der Waals surface area contributed by atoms with Gasteiger partial charge in [0.15, 0.2) is 0 Å². The Morgan fingerprint density at radius 3 is 2.62 bits per heavy atom. The molecule has 1 unspecified atom stereocenters. The zero-order chi connectivity index (χ0) is 16.7. The Labute approximate surface area is 151 Å². The van der Waals surface area contributed by atoms with Gasteiger partial charge in [-0.3, -0.25) is 9.69 Å². The van der Waals surface area contributed by atoms with Crippen LogP contribution in [0.4, 0.5) is 0 Å². The molecule has 0 aliphatic carbocycles. The largest absolute Gasteiger partial charge is 0.497 e. The summed E-state index contributed by atoms with van der Waals surface area (Å²) < 4.78 is 5.18. The summed E-state index contributed by atoms with van der Waals surface area (Å²) >= 11 is 0. The number of hydrogen-bond acceptors (Lipinski definition) is 4. The van der Waals surface area contributed by atoms with E-state index in [1.54, 1.807) is 7.11 Å². The molecule has 24 heavy (non-hydrogen) atoms. The molecule has 0 saturated carbocycles. The Morgan fingerprint density at radius 2 is 2.00 bits per heavy atom. The Hall–Kier alpha value is -1.30. The van der Waals surface area contributed by atoms with Crippen LogP contribution in [0.25, 0.3) is 0 Å². The van der Waals surface area contributed by atoms with Crippen molar-refractivity contribution in [3.8, 4) is 5.75 Å². The van der Waals surface area contributed by atoms with Crippen LogP contribution >= 0.6 is 12.4 Å². The average molecular weight is 357 g/mol. The van der Waals surface area contributed by atoms with E-state index in [9.17, 15) is 4.79 Å². The van der Waals surface area contributed by atoms with E-state index < -0.39 is 5.97 Å².